The second kappa shape index (κ2) is 5.27. The summed E-state index contributed by atoms with van der Waals surface area (Å²) in [6, 6.07) is 5.77. The van der Waals surface area contributed by atoms with Crippen molar-refractivity contribution in [1.29, 1.82) is 0 Å². The zero-order valence-electron chi connectivity index (χ0n) is 10.8. The molecule has 0 amide bonds. The van der Waals surface area contributed by atoms with Gasteiger partial charge in [-0.2, -0.15) is 4.98 Å². The molecular weight excluding hydrogens is 228 g/mol. The van der Waals surface area contributed by atoms with Crippen LogP contribution >= 0.6 is 0 Å². The molecule has 0 saturated carbocycles. The molecule has 5 nitrogen and oxygen atoms in total. The molecule has 2 N–H and O–H groups in total. The van der Waals surface area contributed by atoms with E-state index in [0.717, 1.165) is 12.1 Å². The molecule has 0 saturated heterocycles. The van der Waals surface area contributed by atoms with Crippen molar-refractivity contribution in [2.45, 2.75) is 38.6 Å². The number of hydrogen-bond acceptors (Lipinski definition) is 5. The van der Waals surface area contributed by atoms with Gasteiger partial charge in [0.1, 0.15) is 0 Å². The van der Waals surface area contributed by atoms with Crippen LogP contribution in [0.1, 0.15) is 37.7 Å². The Balaban J connectivity index is 1.94. The third-order valence-electron chi connectivity index (χ3n) is 2.56. The van der Waals surface area contributed by atoms with Gasteiger partial charge in [0.25, 0.3) is 0 Å². The molecular formula is C13H18N4O. The van der Waals surface area contributed by atoms with Crippen LogP contribution in [0.5, 0.6) is 0 Å². The van der Waals surface area contributed by atoms with Gasteiger partial charge < -0.3 is 10.3 Å². The van der Waals surface area contributed by atoms with Crippen LogP contribution in [0.25, 0.3) is 0 Å². The normalized spacial score (nSPS) is 11.7. The summed E-state index contributed by atoms with van der Waals surface area (Å²) < 4.78 is 5.19. The highest BCUT2D eigenvalue weighted by atomic mass is 16.5. The minimum Gasteiger partial charge on any atom is -0.339 e. The lowest BCUT2D eigenvalue weighted by Gasteiger charge is -2.16. The minimum absolute atomic E-state index is 0.213. The number of aryl methyl sites for hydroxylation is 1. The Hall–Kier alpha value is -1.75. The quantitative estimate of drug-likeness (QED) is 0.869. The SMILES string of the molecule is CC(C)(N)CCc1nc(Cc2ccccn2)no1. The Kier molecular flexibility index (Phi) is 3.72. The molecule has 0 atom stereocenters. The molecule has 0 aromatic carbocycles. The van der Waals surface area contributed by atoms with Crippen LogP contribution in [0.2, 0.25) is 0 Å². The summed E-state index contributed by atoms with van der Waals surface area (Å²) in [4.78, 5) is 8.56. The predicted octanol–water partition coefficient (Wildman–Crippen LogP) is 1.73. The van der Waals surface area contributed by atoms with Crippen molar-refractivity contribution in [2.24, 2.45) is 5.73 Å². The van der Waals surface area contributed by atoms with Gasteiger partial charge >= 0.3 is 0 Å². The fourth-order valence-corrected chi connectivity index (χ4v) is 1.56. The van der Waals surface area contributed by atoms with E-state index in [2.05, 4.69) is 15.1 Å². The maximum atomic E-state index is 5.91. The first-order valence-electron chi connectivity index (χ1n) is 6.03. The van der Waals surface area contributed by atoms with E-state index in [1.54, 1.807) is 6.20 Å². The smallest absolute Gasteiger partial charge is 0.226 e. The summed E-state index contributed by atoms with van der Waals surface area (Å²) in [5, 5.41) is 3.95. The summed E-state index contributed by atoms with van der Waals surface area (Å²) >= 11 is 0. The summed E-state index contributed by atoms with van der Waals surface area (Å²) in [6.07, 6.45) is 3.88. The lowest BCUT2D eigenvalue weighted by atomic mass is 10.0. The molecule has 0 aliphatic rings. The third kappa shape index (κ3) is 3.92. The molecule has 2 rings (SSSR count). The average Bonchev–Trinajstić information content (AvgIpc) is 2.75. The van der Waals surface area contributed by atoms with Crippen LogP contribution in [0.15, 0.2) is 28.9 Å². The lowest BCUT2D eigenvalue weighted by Crippen LogP contribution is -2.32. The monoisotopic (exact) mass is 246 g/mol. The van der Waals surface area contributed by atoms with Gasteiger partial charge in [0.05, 0.1) is 6.42 Å². The molecule has 0 aliphatic heterocycles. The molecule has 0 aliphatic carbocycles. The Morgan fingerprint density at radius 2 is 2.17 bits per heavy atom. The summed E-state index contributed by atoms with van der Waals surface area (Å²) in [7, 11) is 0. The predicted molar refractivity (Wildman–Crippen MR) is 67.9 cm³/mol. The molecule has 5 heteroatoms. The Labute approximate surface area is 106 Å². The van der Waals surface area contributed by atoms with Crippen LogP contribution in [-0.2, 0) is 12.8 Å². The van der Waals surface area contributed by atoms with Gasteiger partial charge in [0, 0.05) is 23.9 Å². The molecule has 2 aromatic rings. The summed E-state index contributed by atoms with van der Waals surface area (Å²) in [6.45, 7) is 3.97. The fourth-order valence-electron chi connectivity index (χ4n) is 1.56. The molecule has 2 aromatic heterocycles. The summed E-state index contributed by atoms with van der Waals surface area (Å²) in [5.74, 6) is 1.30. The van der Waals surface area contributed by atoms with Crippen LogP contribution in [0, 0.1) is 0 Å². The topological polar surface area (TPSA) is 77.8 Å². The zero-order chi connectivity index (χ0) is 13.0. The first kappa shape index (κ1) is 12.7. The second-order valence-corrected chi connectivity index (χ2v) is 5.09. The third-order valence-corrected chi connectivity index (χ3v) is 2.56. The zero-order valence-corrected chi connectivity index (χ0v) is 10.8. The van der Waals surface area contributed by atoms with Crippen molar-refractivity contribution < 1.29 is 4.52 Å². The molecule has 2 heterocycles. The fraction of sp³-hybridized carbons (Fsp3) is 0.462. The number of nitrogens with two attached hydrogens (primary N) is 1. The van der Waals surface area contributed by atoms with Gasteiger partial charge in [-0.1, -0.05) is 11.2 Å². The van der Waals surface area contributed by atoms with Crippen LogP contribution in [-0.4, -0.2) is 20.7 Å². The Bertz CT molecular complexity index is 487. The maximum Gasteiger partial charge on any atom is 0.226 e. The maximum absolute atomic E-state index is 5.91. The van der Waals surface area contributed by atoms with E-state index < -0.39 is 0 Å². The first-order chi connectivity index (χ1) is 8.53. The Morgan fingerprint density at radius 1 is 1.33 bits per heavy atom. The lowest BCUT2D eigenvalue weighted by molar-refractivity contribution is 0.355. The van der Waals surface area contributed by atoms with Gasteiger partial charge in [-0.15, -0.1) is 0 Å². The van der Waals surface area contributed by atoms with Crippen LogP contribution in [0.3, 0.4) is 0 Å². The van der Waals surface area contributed by atoms with Gasteiger partial charge in [0.2, 0.25) is 5.89 Å². The highest BCUT2D eigenvalue weighted by Gasteiger charge is 2.14. The van der Waals surface area contributed by atoms with Gasteiger partial charge in [-0.05, 0) is 32.4 Å². The standard InChI is InChI=1S/C13H18N4O/c1-13(2,14)7-6-12-16-11(17-18-12)9-10-5-3-4-8-15-10/h3-5,8H,6-7,9,14H2,1-2H3. The highest BCUT2D eigenvalue weighted by Crippen LogP contribution is 2.10. The van der Waals surface area contributed by atoms with Crippen molar-refractivity contribution in [2.75, 3.05) is 0 Å². The molecule has 18 heavy (non-hydrogen) atoms. The number of rotatable bonds is 5. The van der Waals surface area contributed by atoms with E-state index in [0.29, 0.717) is 24.6 Å². The van der Waals surface area contributed by atoms with Crippen molar-refractivity contribution >= 4 is 0 Å². The van der Waals surface area contributed by atoms with Crippen molar-refractivity contribution in [3.63, 3.8) is 0 Å². The molecule has 0 fully saturated rings. The highest BCUT2D eigenvalue weighted by molar-refractivity contribution is 5.09. The molecule has 96 valence electrons. The number of nitrogens with zero attached hydrogens (tertiary/aromatic N) is 3. The second-order valence-electron chi connectivity index (χ2n) is 5.09. The van der Waals surface area contributed by atoms with Gasteiger partial charge in [-0.25, -0.2) is 0 Å². The minimum atomic E-state index is -0.213. The molecule has 0 radical (unpaired) electrons. The number of aromatic nitrogens is 3. The van der Waals surface area contributed by atoms with Crippen LogP contribution in [0.4, 0.5) is 0 Å². The van der Waals surface area contributed by atoms with E-state index in [1.807, 2.05) is 32.0 Å². The van der Waals surface area contributed by atoms with E-state index in [-0.39, 0.29) is 5.54 Å². The van der Waals surface area contributed by atoms with Crippen molar-refractivity contribution in [1.82, 2.24) is 15.1 Å². The van der Waals surface area contributed by atoms with Gasteiger partial charge in [0.15, 0.2) is 5.82 Å². The van der Waals surface area contributed by atoms with Gasteiger partial charge in [-0.3, -0.25) is 4.98 Å². The molecule has 0 unspecified atom stereocenters. The number of pyridine rings is 1. The first-order valence-corrected chi connectivity index (χ1v) is 6.03. The number of hydrogen-bond donors (Lipinski definition) is 1. The average molecular weight is 246 g/mol. The Morgan fingerprint density at radius 3 is 2.83 bits per heavy atom. The molecule has 0 spiro atoms. The van der Waals surface area contributed by atoms with E-state index in [4.69, 9.17) is 10.3 Å². The van der Waals surface area contributed by atoms with E-state index in [9.17, 15) is 0 Å². The van der Waals surface area contributed by atoms with E-state index >= 15 is 0 Å². The molecule has 0 bridgehead atoms. The van der Waals surface area contributed by atoms with Crippen molar-refractivity contribution in [3.8, 4) is 0 Å². The van der Waals surface area contributed by atoms with Crippen molar-refractivity contribution in [3.05, 3.63) is 41.8 Å². The van der Waals surface area contributed by atoms with Crippen LogP contribution < -0.4 is 5.73 Å². The van der Waals surface area contributed by atoms with E-state index in [1.165, 1.54) is 0 Å². The largest absolute Gasteiger partial charge is 0.339 e. The summed E-state index contributed by atoms with van der Waals surface area (Å²) in [5.41, 5.74) is 6.64.